The Balaban J connectivity index is 2.03. The Bertz CT molecular complexity index is 805. The second kappa shape index (κ2) is 5.12. The molecule has 0 saturated carbocycles. The first-order valence-electron chi connectivity index (χ1n) is 6.31. The third kappa shape index (κ3) is 2.25. The number of hydrogen-bond donors (Lipinski definition) is 1. The van der Waals surface area contributed by atoms with Crippen LogP contribution in [0, 0.1) is 11.3 Å². The van der Waals surface area contributed by atoms with Gasteiger partial charge >= 0.3 is 0 Å². The summed E-state index contributed by atoms with van der Waals surface area (Å²) in [4.78, 5) is 4.35. The van der Waals surface area contributed by atoms with Crippen molar-refractivity contribution in [3.05, 3.63) is 77.5 Å². The predicted molar refractivity (Wildman–Crippen MR) is 77.0 cm³/mol. The highest BCUT2D eigenvalue weighted by Crippen LogP contribution is 2.24. The molecular weight excluding hydrogens is 248 g/mol. The van der Waals surface area contributed by atoms with Gasteiger partial charge in [-0.2, -0.15) is 5.26 Å². The summed E-state index contributed by atoms with van der Waals surface area (Å²) in [6.45, 7) is 0. The van der Waals surface area contributed by atoms with Gasteiger partial charge in [-0.05, 0) is 29.8 Å². The van der Waals surface area contributed by atoms with Crippen LogP contribution in [0.5, 0.6) is 0 Å². The van der Waals surface area contributed by atoms with E-state index in [1.807, 2.05) is 30.3 Å². The van der Waals surface area contributed by atoms with Crippen molar-refractivity contribution in [2.24, 2.45) is 0 Å². The quantitative estimate of drug-likeness (QED) is 0.769. The number of fused-ring (bicyclic) bond motifs is 1. The van der Waals surface area contributed by atoms with Gasteiger partial charge in [-0.25, -0.2) is 0 Å². The molecule has 0 aliphatic heterocycles. The molecule has 3 aromatic rings. The first kappa shape index (κ1) is 12.3. The van der Waals surface area contributed by atoms with Crippen LogP contribution in [-0.2, 0) is 0 Å². The standard InChI is InChI=1S/C17H12N2O/c18-10-12-4-3-6-14(8-12)17(20)15-9-13-5-1-2-7-16(13)19-11-15/h1-9,11,17,20H. The Morgan fingerprint density at radius 3 is 2.70 bits per heavy atom. The Labute approximate surface area is 116 Å². The zero-order valence-electron chi connectivity index (χ0n) is 10.7. The molecule has 0 bridgehead atoms. The summed E-state index contributed by atoms with van der Waals surface area (Å²) in [5.74, 6) is 0. The molecule has 1 unspecified atom stereocenters. The lowest BCUT2D eigenvalue weighted by molar-refractivity contribution is 0.220. The Kier molecular flexibility index (Phi) is 3.16. The largest absolute Gasteiger partial charge is 0.384 e. The van der Waals surface area contributed by atoms with Crippen molar-refractivity contribution in [3.8, 4) is 6.07 Å². The van der Waals surface area contributed by atoms with E-state index >= 15 is 0 Å². The summed E-state index contributed by atoms with van der Waals surface area (Å²) in [6, 6.07) is 18.8. The minimum Gasteiger partial charge on any atom is -0.384 e. The maximum Gasteiger partial charge on any atom is 0.106 e. The molecule has 1 aromatic heterocycles. The number of aliphatic hydroxyl groups excluding tert-OH is 1. The molecule has 0 saturated heterocycles. The highest BCUT2D eigenvalue weighted by atomic mass is 16.3. The molecule has 1 N–H and O–H groups in total. The first-order chi connectivity index (χ1) is 9.78. The van der Waals surface area contributed by atoms with Crippen molar-refractivity contribution >= 4 is 10.9 Å². The van der Waals surface area contributed by atoms with Crippen LogP contribution in [0.25, 0.3) is 10.9 Å². The van der Waals surface area contributed by atoms with Crippen LogP contribution in [0.15, 0.2) is 60.8 Å². The van der Waals surface area contributed by atoms with E-state index in [1.165, 1.54) is 0 Å². The molecule has 0 spiro atoms. The van der Waals surface area contributed by atoms with Crippen molar-refractivity contribution in [1.29, 1.82) is 5.26 Å². The number of aromatic nitrogens is 1. The maximum absolute atomic E-state index is 10.4. The van der Waals surface area contributed by atoms with Crippen molar-refractivity contribution in [2.45, 2.75) is 6.10 Å². The minimum atomic E-state index is -0.777. The van der Waals surface area contributed by atoms with E-state index in [4.69, 9.17) is 5.26 Å². The van der Waals surface area contributed by atoms with Crippen LogP contribution >= 0.6 is 0 Å². The molecule has 1 heterocycles. The molecule has 1 atom stereocenters. The Hall–Kier alpha value is -2.70. The number of rotatable bonds is 2. The zero-order chi connectivity index (χ0) is 13.9. The fraction of sp³-hybridized carbons (Fsp3) is 0.0588. The molecule has 3 nitrogen and oxygen atoms in total. The predicted octanol–water partition coefficient (Wildman–Crippen LogP) is 3.19. The van der Waals surface area contributed by atoms with Gasteiger partial charge in [-0.3, -0.25) is 4.98 Å². The lowest BCUT2D eigenvalue weighted by Crippen LogP contribution is -2.00. The topological polar surface area (TPSA) is 56.9 Å². The molecule has 0 fully saturated rings. The van der Waals surface area contributed by atoms with Gasteiger partial charge in [0.25, 0.3) is 0 Å². The molecule has 0 aliphatic rings. The number of hydrogen-bond acceptors (Lipinski definition) is 3. The number of para-hydroxylation sites is 1. The van der Waals surface area contributed by atoms with E-state index in [2.05, 4.69) is 11.1 Å². The highest BCUT2D eigenvalue weighted by Gasteiger charge is 2.12. The van der Waals surface area contributed by atoms with E-state index in [1.54, 1.807) is 30.5 Å². The number of benzene rings is 2. The molecule has 0 radical (unpaired) electrons. The lowest BCUT2D eigenvalue weighted by Gasteiger charge is -2.12. The molecule has 96 valence electrons. The number of nitrogens with zero attached hydrogens (tertiary/aromatic N) is 2. The maximum atomic E-state index is 10.4. The van der Waals surface area contributed by atoms with E-state index in [-0.39, 0.29) is 0 Å². The molecule has 0 amide bonds. The van der Waals surface area contributed by atoms with Gasteiger partial charge in [0.1, 0.15) is 6.10 Å². The van der Waals surface area contributed by atoms with E-state index < -0.39 is 6.10 Å². The summed E-state index contributed by atoms with van der Waals surface area (Å²) < 4.78 is 0. The second-order valence-corrected chi connectivity index (χ2v) is 4.60. The second-order valence-electron chi connectivity index (χ2n) is 4.60. The fourth-order valence-electron chi connectivity index (χ4n) is 2.21. The van der Waals surface area contributed by atoms with Crippen LogP contribution in [0.4, 0.5) is 0 Å². The molecule has 3 heteroatoms. The van der Waals surface area contributed by atoms with Gasteiger partial charge in [0.15, 0.2) is 0 Å². The van der Waals surface area contributed by atoms with Crippen LogP contribution in [0.1, 0.15) is 22.8 Å². The van der Waals surface area contributed by atoms with Crippen molar-refractivity contribution in [1.82, 2.24) is 4.98 Å². The van der Waals surface area contributed by atoms with E-state index in [0.29, 0.717) is 11.1 Å². The summed E-state index contributed by atoms with van der Waals surface area (Å²) in [5.41, 5.74) is 2.85. The van der Waals surface area contributed by atoms with Crippen LogP contribution in [0.2, 0.25) is 0 Å². The van der Waals surface area contributed by atoms with Gasteiger partial charge in [-0.1, -0.05) is 30.3 Å². The molecule has 2 aromatic carbocycles. The van der Waals surface area contributed by atoms with Gasteiger partial charge in [0.2, 0.25) is 0 Å². The monoisotopic (exact) mass is 260 g/mol. The first-order valence-corrected chi connectivity index (χ1v) is 6.31. The van der Waals surface area contributed by atoms with Gasteiger partial charge in [0.05, 0.1) is 17.1 Å². The minimum absolute atomic E-state index is 0.537. The SMILES string of the molecule is N#Cc1cccc(C(O)c2cnc3ccccc3c2)c1. The van der Waals surface area contributed by atoms with Crippen LogP contribution in [-0.4, -0.2) is 10.1 Å². The summed E-state index contributed by atoms with van der Waals surface area (Å²) in [5, 5.41) is 20.3. The molecular formula is C17H12N2O. The van der Waals surface area contributed by atoms with Gasteiger partial charge in [0, 0.05) is 17.1 Å². The number of aliphatic hydroxyl groups is 1. The average Bonchev–Trinajstić information content (AvgIpc) is 2.53. The Morgan fingerprint density at radius 2 is 1.85 bits per heavy atom. The summed E-state index contributed by atoms with van der Waals surface area (Å²) >= 11 is 0. The zero-order valence-corrected chi connectivity index (χ0v) is 10.7. The average molecular weight is 260 g/mol. The van der Waals surface area contributed by atoms with E-state index in [0.717, 1.165) is 16.5 Å². The smallest absolute Gasteiger partial charge is 0.106 e. The van der Waals surface area contributed by atoms with Gasteiger partial charge in [-0.15, -0.1) is 0 Å². The molecule has 3 rings (SSSR count). The highest BCUT2D eigenvalue weighted by molar-refractivity contribution is 5.78. The molecule has 20 heavy (non-hydrogen) atoms. The Morgan fingerprint density at radius 1 is 1.00 bits per heavy atom. The van der Waals surface area contributed by atoms with E-state index in [9.17, 15) is 5.11 Å². The molecule has 0 aliphatic carbocycles. The summed E-state index contributed by atoms with van der Waals surface area (Å²) in [7, 11) is 0. The van der Waals surface area contributed by atoms with Crippen LogP contribution in [0.3, 0.4) is 0 Å². The number of pyridine rings is 1. The van der Waals surface area contributed by atoms with Crippen molar-refractivity contribution < 1.29 is 5.11 Å². The summed E-state index contributed by atoms with van der Waals surface area (Å²) in [6.07, 6.45) is 0.895. The van der Waals surface area contributed by atoms with Gasteiger partial charge < -0.3 is 5.11 Å². The third-order valence-electron chi connectivity index (χ3n) is 3.26. The number of nitriles is 1. The van der Waals surface area contributed by atoms with Crippen molar-refractivity contribution in [3.63, 3.8) is 0 Å². The normalized spacial score (nSPS) is 12.0. The third-order valence-corrected chi connectivity index (χ3v) is 3.26. The van der Waals surface area contributed by atoms with Crippen LogP contribution < -0.4 is 0 Å². The lowest BCUT2D eigenvalue weighted by atomic mass is 10.00. The van der Waals surface area contributed by atoms with Crippen molar-refractivity contribution in [2.75, 3.05) is 0 Å². The fourth-order valence-corrected chi connectivity index (χ4v) is 2.21.